The molecule has 1 aliphatic heterocycles. The fourth-order valence-corrected chi connectivity index (χ4v) is 2.25. The topological polar surface area (TPSA) is 69.2 Å². The van der Waals surface area contributed by atoms with E-state index in [1.165, 1.54) is 6.21 Å². The van der Waals surface area contributed by atoms with Crippen molar-refractivity contribution >= 4 is 12.1 Å². The van der Waals surface area contributed by atoms with Crippen LogP contribution < -0.4 is 19.6 Å². The maximum atomic E-state index is 12.2. The molecule has 0 aromatic heterocycles. The highest BCUT2D eigenvalue weighted by Gasteiger charge is 2.26. The Hall–Kier alpha value is -3.28. The molecular weight excluding hydrogens is 320 g/mol. The van der Waals surface area contributed by atoms with Crippen molar-refractivity contribution in [3.63, 3.8) is 0 Å². The van der Waals surface area contributed by atoms with Gasteiger partial charge in [0.25, 0.3) is 5.91 Å². The van der Waals surface area contributed by atoms with Gasteiger partial charge < -0.3 is 14.2 Å². The van der Waals surface area contributed by atoms with Crippen LogP contribution >= 0.6 is 0 Å². The summed E-state index contributed by atoms with van der Waals surface area (Å²) in [5.41, 5.74) is 3.21. The molecule has 1 N–H and O–H groups in total. The first-order valence-electron chi connectivity index (χ1n) is 7.82. The number of ether oxygens (including phenoxy) is 3. The van der Waals surface area contributed by atoms with E-state index < -0.39 is 6.10 Å². The van der Waals surface area contributed by atoms with Gasteiger partial charge in [-0.15, -0.1) is 0 Å². The quantitative estimate of drug-likeness (QED) is 0.499. The molecule has 6 nitrogen and oxygen atoms in total. The molecule has 0 saturated carbocycles. The van der Waals surface area contributed by atoms with E-state index in [1.54, 1.807) is 18.2 Å². The molecule has 128 valence electrons. The zero-order valence-corrected chi connectivity index (χ0v) is 13.6. The summed E-state index contributed by atoms with van der Waals surface area (Å²) in [5.74, 6) is 1.45. The normalized spacial score (nSPS) is 15.6. The van der Waals surface area contributed by atoms with Gasteiger partial charge in [-0.25, -0.2) is 5.43 Å². The Bertz CT molecular complexity index is 788. The third kappa shape index (κ3) is 4.17. The van der Waals surface area contributed by atoms with Gasteiger partial charge in [0, 0.05) is 5.56 Å². The monoisotopic (exact) mass is 338 g/mol. The second-order valence-electron chi connectivity index (χ2n) is 5.24. The van der Waals surface area contributed by atoms with Crippen LogP contribution in [0.5, 0.6) is 17.2 Å². The molecule has 1 amide bonds. The second-order valence-corrected chi connectivity index (χ2v) is 5.24. The van der Waals surface area contributed by atoms with Gasteiger partial charge in [0.2, 0.25) is 6.10 Å². The molecule has 0 saturated heterocycles. The molecule has 25 heavy (non-hydrogen) atoms. The summed E-state index contributed by atoms with van der Waals surface area (Å²) >= 11 is 0. The lowest BCUT2D eigenvalue weighted by atomic mass is 10.2. The molecule has 1 heterocycles. The summed E-state index contributed by atoms with van der Waals surface area (Å²) < 4.78 is 16.7. The molecule has 0 bridgehead atoms. The Kier molecular flexibility index (Phi) is 5.31. The molecule has 1 atom stereocenters. The Morgan fingerprint density at radius 2 is 2.00 bits per heavy atom. The van der Waals surface area contributed by atoms with Crippen LogP contribution in [-0.4, -0.2) is 31.4 Å². The van der Waals surface area contributed by atoms with Gasteiger partial charge in [0.15, 0.2) is 11.5 Å². The molecule has 1 aliphatic rings. The summed E-state index contributed by atoms with van der Waals surface area (Å²) in [7, 11) is 0. The first kappa shape index (κ1) is 16.6. The van der Waals surface area contributed by atoms with E-state index in [0.29, 0.717) is 23.9 Å². The van der Waals surface area contributed by atoms with Gasteiger partial charge in [0.1, 0.15) is 19.0 Å². The number of carbonyl (C=O) groups excluding carboxylic acids is 1. The van der Waals surface area contributed by atoms with Crippen LogP contribution in [0.1, 0.15) is 5.56 Å². The lowest BCUT2D eigenvalue weighted by Gasteiger charge is -2.24. The molecule has 2 aromatic rings. The highest BCUT2D eigenvalue weighted by Crippen LogP contribution is 2.30. The minimum Gasteiger partial charge on any atom is -0.489 e. The van der Waals surface area contributed by atoms with E-state index in [-0.39, 0.29) is 12.5 Å². The Balaban J connectivity index is 1.60. The zero-order valence-electron chi connectivity index (χ0n) is 13.6. The molecule has 0 unspecified atom stereocenters. The van der Waals surface area contributed by atoms with Gasteiger partial charge in [0.05, 0.1) is 6.21 Å². The van der Waals surface area contributed by atoms with Crippen molar-refractivity contribution in [2.24, 2.45) is 5.10 Å². The highest BCUT2D eigenvalue weighted by molar-refractivity contribution is 5.86. The number of para-hydroxylation sites is 3. The van der Waals surface area contributed by atoms with E-state index in [9.17, 15) is 4.79 Å². The SMILES string of the molecule is C=CCOc1ccccc1/C=N\NC(=O)[C@H]1COc2ccccc2O1. The van der Waals surface area contributed by atoms with E-state index in [0.717, 1.165) is 5.56 Å². The summed E-state index contributed by atoms with van der Waals surface area (Å²) in [4.78, 5) is 12.2. The number of hydrazone groups is 1. The zero-order chi connectivity index (χ0) is 17.5. The van der Waals surface area contributed by atoms with E-state index in [1.807, 2.05) is 36.4 Å². The highest BCUT2D eigenvalue weighted by atomic mass is 16.6. The van der Waals surface area contributed by atoms with Crippen LogP contribution in [0.25, 0.3) is 0 Å². The third-order valence-corrected chi connectivity index (χ3v) is 3.46. The molecule has 3 rings (SSSR count). The number of rotatable bonds is 6. The van der Waals surface area contributed by atoms with Crippen LogP contribution in [0.2, 0.25) is 0 Å². The fraction of sp³-hybridized carbons (Fsp3) is 0.158. The average Bonchev–Trinajstić information content (AvgIpc) is 2.66. The van der Waals surface area contributed by atoms with Gasteiger partial charge in [-0.05, 0) is 24.3 Å². The molecule has 2 aromatic carbocycles. The summed E-state index contributed by atoms with van der Waals surface area (Å²) in [6.45, 7) is 4.15. The molecule has 0 aliphatic carbocycles. The van der Waals surface area contributed by atoms with Crippen molar-refractivity contribution in [1.29, 1.82) is 0 Å². The van der Waals surface area contributed by atoms with Crippen molar-refractivity contribution in [2.75, 3.05) is 13.2 Å². The number of nitrogens with zero attached hydrogens (tertiary/aromatic N) is 1. The molecule has 0 spiro atoms. The van der Waals surface area contributed by atoms with Crippen molar-refractivity contribution in [1.82, 2.24) is 5.43 Å². The fourth-order valence-electron chi connectivity index (χ4n) is 2.25. The predicted octanol–water partition coefficient (Wildman–Crippen LogP) is 2.54. The maximum absolute atomic E-state index is 12.2. The number of amides is 1. The van der Waals surface area contributed by atoms with Crippen LogP contribution in [0, 0.1) is 0 Å². The number of hydrogen-bond acceptors (Lipinski definition) is 5. The Morgan fingerprint density at radius 1 is 1.24 bits per heavy atom. The number of carbonyl (C=O) groups is 1. The number of benzene rings is 2. The standard InChI is InChI=1S/C19H18N2O4/c1-2-11-23-15-8-4-3-7-14(15)12-20-21-19(22)18-13-24-16-9-5-6-10-17(16)25-18/h2-10,12,18H,1,11,13H2,(H,21,22)/b20-12-/t18-/m1/s1. The van der Waals surface area contributed by atoms with Crippen molar-refractivity contribution in [2.45, 2.75) is 6.10 Å². The number of nitrogens with one attached hydrogen (secondary N) is 1. The Labute approximate surface area is 145 Å². The van der Waals surface area contributed by atoms with E-state index in [2.05, 4.69) is 17.1 Å². The predicted molar refractivity (Wildman–Crippen MR) is 94.2 cm³/mol. The lowest BCUT2D eigenvalue weighted by molar-refractivity contribution is -0.130. The maximum Gasteiger partial charge on any atom is 0.284 e. The van der Waals surface area contributed by atoms with Crippen LogP contribution in [-0.2, 0) is 4.79 Å². The van der Waals surface area contributed by atoms with Crippen molar-refractivity contribution in [3.05, 3.63) is 66.7 Å². The van der Waals surface area contributed by atoms with E-state index >= 15 is 0 Å². The molecular formula is C19H18N2O4. The molecule has 0 fully saturated rings. The smallest absolute Gasteiger partial charge is 0.284 e. The van der Waals surface area contributed by atoms with Gasteiger partial charge in [-0.3, -0.25) is 4.79 Å². The minimum absolute atomic E-state index is 0.136. The van der Waals surface area contributed by atoms with Crippen LogP contribution in [0.3, 0.4) is 0 Å². The first-order chi connectivity index (χ1) is 12.3. The van der Waals surface area contributed by atoms with E-state index in [4.69, 9.17) is 14.2 Å². The van der Waals surface area contributed by atoms with Crippen molar-refractivity contribution in [3.8, 4) is 17.2 Å². The average molecular weight is 338 g/mol. The second kappa shape index (κ2) is 8.01. The van der Waals surface area contributed by atoms with Crippen LogP contribution in [0.4, 0.5) is 0 Å². The summed E-state index contributed by atoms with van der Waals surface area (Å²) in [6, 6.07) is 14.6. The third-order valence-electron chi connectivity index (χ3n) is 3.46. The molecule has 6 heteroatoms. The largest absolute Gasteiger partial charge is 0.489 e. The summed E-state index contributed by atoms with van der Waals surface area (Å²) in [6.07, 6.45) is 2.43. The van der Waals surface area contributed by atoms with Gasteiger partial charge >= 0.3 is 0 Å². The lowest BCUT2D eigenvalue weighted by Crippen LogP contribution is -2.42. The minimum atomic E-state index is -0.751. The Morgan fingerprint density at radius 3 is 2.84 bits per heavy atom. The molecule has 0 radical (unpaired) electrons. The number of fused-ring (bicyclic) bond motifs is 1. The first-order valence-corrected chi connectivity index (χ1v) is 7.82. The van der Waals surface area contributed by atoms with Crippen molar-refractivity contribution < 1.29 is 19.0 Å². The number of hydrogen-bond donors (Lipinski definition) is 1. The van der Waals surface area contributed by atoms with Gasteiger partial charge in [-0.2, -0.15) is 5.10 Å². The summed E-state index contributed by atoms with van der Waals surface area (Å²) in [5, 5.41) is 3.98. The van der Waals surface area contributed by atoms with Gasteiger partial charge in [-0.1, -0.05) is 36.9 Å². The van der Waals surface area contributed by atoms with Crippen LogP contribution in [0.15, 0.2) is 66.3 Å².